The van der Waals surface area contributed by atoms with Gasteiger partial charge in [-0.1, -0.05) is 0 Å². The predicted molar refractivity (Wildman–Crippen MR) is 63.5 cm³/mol. The van der Waals surface area contributed by atoms with Crippen molar-refractivity contribution in [2.45, 2.75) is 25.3 Å². The van der Waals surface area contributed by atoms with Gasteiger partial charge in [0.25, 0.3) is 0 Å². The zero-order chi connectivity index (χ0) is 11.8. The van der Waals surface area contributed by atoms with Gasteiger partial charge in [0.05, 0.1) is 0 Å². The quantitative estimate of drug-likeness (QED) is 0.849. The molecule has 1 aromatic carbocycles. The molecule has 0 atom stereocenters. The Morgan fingerprint density at radius 3 is 2.94 bits per heavy atom. The number of phenolic OH excluding ortho intramolecular Hbond substituents is 1. The van der Waals surface area contributed by atoms with Crippen LogP contribution in [0, 0.1) is 0 Å². The minimum absolute atomic E-state index is 0.224. The number of rotatable bonds is 3. The summed E-state index contributed by atoms with van der Waals surface area (Å²) >= 11 is 0. The summed E-state index contributed by atoms with van der Waals surface area (Å²) in [5.74, 6) is 1.55. The van der Waals surface area contributed by atoms with Crippen LogP contribution < -0.4 is 5.73 Å². The molecule has 4 nitrogen and oxygen atoms in total. The monoisotopic (exact) mass is 230 g/mol. The number of oxazole rings is 1. The van der Waals surface area contributed by atoms with Gasteiger partial charge in [-0.3, -0.25) is 0 Å². The minimum Gasteiger partial charge on any atom is -0.508 e. The Balaban J connectivity index is 1.96. The SMILES string of the molecule is NCc1cc(-c2coc(C3CC3)n2)ccc1O. The molecule has 0 amide bonds. The first-order valence-corrected chi connectivity index (χ1v) is 5.75. The van der Waals surface area contributed by atoms with Crippen LogP contribution in [0.15, 0.2) is 28.9 Å². The molecule has 0 spiro atoms. The van der Waals surface area contributed by atoms with Crippen molar-refractivity contribution in [2.75, 3.05) is 0 Å². The Bertz CT molecular complexity index is 544. The molecule has 0 unspecified atom stereocenters. The fraction of sp³-hybridized carbons (Fsp3) is 0.308. The number of hydrogen-bond acceptors (Lipinski definition) is 4. The molecule has 1 heterocycles. The molecule has 0 saturated heterocycles. The van der Waals surface area contributed by atoms with Gasteiger partial charge in [-0.05, 0) is 31.0 Å². The smallest absolute Gasteiger partial charge is 0.197 e. The fourth-order valence-electron chi connectivity index (χ4n) is 1.85. The molecule has 0 aliphatic heterocycles. The van der Waals surface area contributed by atoms with Crippen LogP contribution in [0.5, 0.6) is 5.75 Å². The standard InChI is InChI=1S/C13H14N2O2/c14-6-10-5-9(3-4-12(10)16)11-7-17-13(15-11)8-1-2-8/h3-5,7-8,16H,1-2,6,14H2. The maximum Gasteiger partial charge on any atom is 0.197 e. The topological polar surface area (TPSA) is 72.3 Å². The van der Waals surface area contributed by atoms with Crippen LogP contribution >= 0.6 is 0 Å². The van der Waals surface area contributed by atoms with Crippen molar-refractivity contribution >= 4 is 0 Å². The molecular weight excluding hydrogens is 216 g/mol. The molecule has 88 valence electrons. The lowest BCUT2D eigenvalue weighted by molar-refractivity contribution is 0.468. The summed E-state index contributed by atoms with van der Waals surface area (Å²) in [6, 6.07) is 5.32. The van der Waals surface area contributed by atoms with Gasteiger partial charge in [0.15, 0.2) is 5.89 Å². The molecule has 17 heavy (non-hydrogen) atoms. The Kier molecular flexibility index (Phi) is 2.37. The van der Waals surface area contributed by atoms with Gasteiger partial charge in [-0.25, -0.2) is 4.98 Å². The lowest BCUT2D eigenvalue weighted by atomic mass is 10.1. The van der Waals surface area contributed by atoms with Gasteiger partial charge in [-0.15, -0.1) is 0 Å². The van der Waals surface area contributed by atoms with Gasteiger partial charge in [0, 0.05) is 23.6 Å². The molecule has 1 fully saturated rings. The number of aromatic hydroxyl groups is 1. The highest BCUT2D eigenvalue weighted by Gasteiger charge is 2.28. The van der Waals surface area contributed by atoms with E-state index in [0.717, 1.165) is 22.7 Å². The van der Waals surface area contributed by atoms with Crippen LogP contribution in [0.2, 0.25) is 0 Å². The normalized spacial score (nSPS) is 15.1. The first-order chi connectivity index (χ1) is 8.28. The van der Waals surface area contributed by atoms with E-state index < -0.39 is 0 Å². The van der Waals surface area contributed by atoms with Crippen molar-refractivity contribution in [2.24, 2.45) is 5.73 Å². The number of aromatic nitrogens is 1. The molecule has 1 aliphatic rings. The number of nitrogens with two attached hydrogens (primary N) is 1. The van der Waals surface area contributed by atoms with Crippen molar-refractivity contribution in [3.05, 3.63) is 35.9 Å². The average Bonchev–Trinajstić information content (AvgIpc) is 3.08. The summed E-state index contributed by atoms with van der Waals surface area (Å²) in [7, 11) is 0. The third kappa shape index (κ3) is 1.91. The Morgan fingerprint density at radius 2 is 2.24 bits per heavy atom. The van der Waals surface area contributed by atoms with Gasteiger partial charge in [-0.2, -0.15) is 0 Å². The fourth-order valence-corrected chi connectivity index (χ4v) is 1.85. The van der Waals surface area contributed by atoms with E-state index in [4.69, 9.17) is 10.2 Å². The van der Waals surface area contributed by atoms with Gasteiger partial charge < -0.3 is 15.3 Å². The van der Waals surface area contributed by atoms with Crippen molar-refractivity contribution in [1.82, 2.24) is 4.98 Å². The molecule has 1 aliphatic carbocycles. The molecule has 2 aromatic rings. The van der Waals surface area contributed by atoms with Gasteiger partial charge in [0.2, 0.25) is 0 Å². The van der Waals surface area contributed by atoms with Gasteiger partial charge >= 0.3 is 0 Å². The number of nitrogens with zero attached hydrogens (tertiary/aromatic N) is 1. The first kappa shape index (κ1) is 10.4. The van der Waals surface area contributed by atoms with Crippen LogP contribution in [0.25, 0.3) is 11.3 Å². The lowest BCUT2D eigenvalue weighted by Crippen LogP contribution is -1.96. The van der Waals surface area contributed by atoms with Crippen LogP contribution in [0.4, 0.5) is 0 Å². The van der Waals surface area contributed by atoms with Crippen molar-refractivity contribution < 1.29 is 9.52 Å². The largest absolute Gasteiger partial charge is 0.508 e. The number of hydrogen-bond donors (Lipinski definition) is 2. The lowest BCUT2D eigenvalue weighted by Gasteiger charge is -2.03. The summed E-state index contributed by atoms with van der Waals surface area (Å²) < 4.78 is 5.44. The Morgan fingerprint density at radius 1 is 1.41 bits per heavy atom. The highest BCUT2D eigenvalue weighted by molar-refractivity contribution is 5.61. The summed E-state index contributed by atoms with van der Waals surface area (Å²) in [6.07, 6.45) is 4.01. The van der Waals surface area contributed by atoms with Crippen molar-refractivity contribution in [3.63, 3.8) is 0 Å². The molecule has 3 N–H and O–H groups in total. The number of benzene rings is 1. The van der Waals surface area contributed by atoms with E-state index in [1.165, 1.54) is 12.8 Å². The van der Waals surface area contributed by atoms with Gasteiger partial charge in [0.1, 0.15) is 17.7 Å². The molecule has 4 heteroatoms. The maximum absolute atomic E-state index is 9.56. The maximum atomic E-state index is 9.56. The van der Waals surface area contributed by atoms with Crippen LogP contribution in [-0.4, -0.2) is 10.1 Å². The van der Waals surface area contributed by atoms with E-state index >= 15 is 0 Å². The summed E-state index contributed by atoms with van der Waals surface area (Å²) in [5, 5.41) is 9.56. The molecule has 1 saturated carbocycles. The van der Waals surface area contributed by atoms with E-state index in [9.17, 15) is 5.11 Å². The van der Waals surface area contributed by atoms with Crippen LogP contribution in [0.3, 0.4) is 0 Å². The molecule has 0 radical (unpaired) electrons. The minimum atomic E-state index is 0.224. The average molecular weight is 230 g/mol. The Hall–Kier alpha value is -1.81. The highest BCUT2D eigenvalue weighted by Crippen LogP contribution is 2.40. The van der Waals surface area contributed by atoms with Crippen molar-refractivity contribution in [1.29, 1.82) is 0 Å². The van der Waals surface area contributed by atoms with E-state index in [-0.39, 0.29) is 5.75 Å². The first-order valence-electron chi connectivity index (χ1n) is 5.75. The van der Waals surface area contributed by atoms with E-state index in [1.807, 2.05) is 12.1 Å². The van der Waals surface area contributed by atoms with Crippen molar-refractivity contribution in [3.8, 4) is 17.0 Å². The third-order valence-corrected chi connectivity index (χ3v) is 3.04. The summed E-state index contributed by atoms with van der Waals surface area (Å²) in [4.78, 5) is 4.46. The van der Waals surface area contributed by atoms with E-state index in [2.05, 4.69) is 4.98 Å². The number of phenols is 1. The van der Waals surface area contributed by atoms with Crippen LogP contribution in [0.1, 0.15) is 30.2 Å². The second kappa shape index (κ2) is 3.89. The second-order valence-corrected chi connectivity index (χ2v) is 4.39. The second-order valence-electron chi connectivity index (χ2n) is 4.39. The third-order valence-electron chi connectivity index (χ3n) is 3.04. The predicted octanol–water partition coefficient (Wildman–Crippen LogP) is 2.38. The zero-order valence-corrected chi connectivity index (χ0v) is 9.39. The molecule has 1 aromatic heterocycles. The summed E-state index contributed by atoms with van der Waals surface area (Å²) in [5.41, 5.74) is 8.01. The van der Waals surface area contributed by atoms with E-state index in [1.54, 1.807) is 12.3 Å². The molecule has 0 bridgehead atoms. The molecular formula is C13H14N2O2. The van der Waals surface area contributed by atoms with E-state index in [0.29, 0.717) is 12.5 Å². The summed E-state index contributed by atoms with van der Waals surface area (Å²) in [6.45, 7) is 0.313. The van der Waals surface area contributed by atoms with Crippen LogP contribution in [-0.2, 0) is 6.54 Å². The Labute approximate surface area is 99.1 Å². The molecule has 3 rings (SSSR count). The zero-order valence-electron chi connectivity index (χ0n) is 9.39. The highest BCUT2D eigenvalue weighted by atomic mass is 16.3.